The van der Waals surface area contributed by atoms with Crippen molar-refractivity contribution in [1.82, 2.24) is 5.32 Å². The highest BCUT2D eigenvalue weighted by molar-refractivity contribution is 5.79. The number of rotatable bonds is 6. The summed E-state index contributed by atoms with van der Waals surface area (Å²) in [6, 6.07) is 7.40. The summed E-state index contributed by atoms with van der Waals surface area (Å²) in [5.41, 5.74) is 1.84. The van der Waals surface area contributed by atoms with E-state index in [2.05, 4.69) is 5.32 Å². The lowest BCUT2D eigenvalue weighted by Crippen LogP contribution is -2.24. The predicted molar refractivity (Wildman–Crippen MR) is 69.5 cm³/mol. The maximum absolute atomic E-state index is 11.4. The van der Waals surface area contributed by atoms with Crippen LogP contribution in [0.2, 0.25) is 0 Å². The molecule has 0 radical (unpaired) electrons. The van der Waals surface area contributed by atoms with Gasteiger partial charge >= 0.3 is 5.97 Å². The van der Waals surface area contributed by atoms with E-state index in [1.54, 1.807) is 0 Å². The van der Waals surface area contributed by atoms with Crippen LogP contribution in [0, 0.1) is 6.92 Å². The average Bonchev–Trinajstić information content (AvgIpc) is 2.31. The molecule has 0 heterocycles. The van der Waals surface area contributed by atoms with E-state index < -0.39 is 11.9 Å². The van der Waals surface area contributed by atoms with Crippen LogP contribution < -0.4 is 5.32 Å². The van der Waals surface area contributed by atoms with E-state index in [4.69, 9.17) is 0 Å². The fraction of sp³-hybridized carbons (Fsp3) is 0.429. The Labute approximate surface area is 107 Å². The third kappa shape index (κ3) is 4.20. The van der Waals surface area contributed by atoms with Crippen LogP contribution in [0.1, 0.15) is 36.8 Å². The van der Waals surface area contributed by atoms with Crippen molar-refractivity contribution in [2.45, 2.75) is 32.6 Å². The zero-order valence-corrected chi connectivity index (χ0v) is 10.8. The summed E-state index contributed by atoms with van der Waals surface area (Å²) in [4.78, 5) is 22.6. The molecular formula is C14H19NO3. The van der Waals surface area contributed by atoms with Crippen LogP contribution in [0.5, 0.6) is 0 Å². The molecule has 98 valence electrons. The summed E-state index contributed by atoms with van der Waals surface area (Å²) >= 11 is 0. The van der Waals surface area contributed by atoms with Gasteiger partial charge in [0.1, 0.15) is 0 Å². The van der Waals surface area contributed by atoms with E-state index in [9.17, 15) is 14.7 Å². The number of benzene rings is 1. The Bertz CT molecular complexity index is 412. The largest absolute Gasteiger partial charge is 0.481 e. The number of hydrogen-bond donors (Lipinski definition) is 2. The minimum Gasteiger partial charge on any atom is -0.481 e. The number of carboxylic acids is 1. The first-order valence-electron chi connectivity index (χ1n) is 6.10. The maximum Gasteiger partial charge on any atom is 0.310 e. The van der Waals surface area contributed by atoms with Gasteiger partial charge in [0, 0.05) is 13.0 Å². The van der Waals surface area contributed by atoms with Gasteiger partial charge < -0.3 is 10.4 Å². The molecule has 0 aliphatic rings. The molecule has 1 atom stereocenters. The Hall–Kier alpha value is -1.84. The predicted octanol–water partition coefficient (Wildman–Crippen LogP) is 2.08. The highest BCUT2D eigenvalue weighted by atomic mass is 16.4. The van der Waals surface area contributed by atoms with Crippen LogP contribution in [-0.4, -0.2) is 23.5 Å². The lowest BCUT2D eigenvalue weighted by Gasteiger charge is -2.12. The molecule has 1 rings (SSSR count). The number of amides is 1. The molecule has 1 aromatic rings. The molecule has 0 saturated heterocycles. The molecule has 0 bridgehead atoms. The molecule has 0 saturated carbocycles. The Balaban J connectivity index is 2.69. The quantitative estimate of drug-likeness (QED) is 0.811. The summed E-state index contributed by atoms with van der Waals surface area (Å²) in [5, 5.41) is 11.9. The third-order valence-electron chi connectivity index (χ3n) is 2.81. The molecule has 1 aromatic carbocycles. The number of aliphatic carboxylic acids is 1. The van der Waals surface area contributed by atoms with Crippen molar-refractivity contribution in [3.05, 3.63) is 35.4 Å². The maximum atomic E-state index is 11.4. The summed E-state index contributed by atoms with van der Waals surface area (Å²) < 4.78 is 0. The van der Waals surface area contributed by atoms with Crippen molar-refractivity contribution in [2.75, 3.05) is 6.54 Å². The molecule has 4 nitrogen and oxygen atoms in total. The van der Waals surface area contributed by atoms with Gasteiger partial charge in [-0.3, -0.25) is 9.59 Å². The van der Waals surface area contributed by atoms with Gasteiger partial charge in [-0.1, -0.05) is 29.8 Å². The smallest absolute Gasteiger partial charge is 0.310 e. The van der Waals surface area contributed by atoms with Gasteiger partial charge in [0.2, 0.25) is 5.91 Å². The second kappa shape index (κ2) is 6.79. The van der Waals surface area contributed by atoms with Gasteiger partial charge in [0.05, 0.1) is 5.92 Å². The van der Waals surface area contributed by atoms with Crippen molar-refractivity contribution in [3.63, 3.8) is 0 Å². The molecule has 4 heteroatoms. The molecule has 1 amide bonds. The van der Waals surface area contributed by atoms with Crippen molar-refractivity contribution >= 4 is 11.9 Å². The van der Waals surface area contributed by atoms with Crippen molar-refractivity contribution < 1.29 is 14.7 Å². The van der Waals surface area contributed by atoms with Crippen molar-refractivity contribution in [3.8, 4) is 0 Å². The third-order valence-corrected chi connectivity index (χ3v) is 2.81. The number of aryl methyl sites for hydroxylation is 1. The Kier molecular flexibility index (Phi) is 5.36. The van der Waals surface area contributed by atoms with Crippen LogP contribution >= 0.6 is 0 Å². The molecule has 0 fully saturated rings. The van der Waals surface area contributed by atoms with E-state index in [-0.39, 0.29) is 12.3 Å². The van der Waals surface area contributed by atoms with Gasteiger partial charge in [-0.2, -0.15) is 0 Å². The van der Waals surface area contributed by atoms with Crippen LogP contribution in [-0.2, 0) is 9.59 Å². The Morgan fingerprint density at radius 1 is 1.28 bits per heavy atom. The number of nitrogens with one attached hydrogen (secondary N) is 1. The van der Waals surface area contributed by atoms with Crippen molar-refractivity contribution in [2.24, 2.45) is 0 Å². The summed E-state index contributed by atoms with van der Waals surface area (Å²) in [6.07, 6.45) is 0.558. The van der Waals surface area contributed by atoms with E-state index in [0.29, 0.717) is 13.0 Å². The van der Waals surface area contributed by atoms with Gasteiger partial charge in [0.15, 0.2) is 0 Å². The van der Waals surface area contributed by atoms with Crippen LogP contribution in [0.25, 0.3) is 0 Å². The molecule has 0 spiro atoms. The highest BCUT2D eigenvalue weighted by Gasteiger charge is 2.20. The number of hydrogen-bond acceptors (Lipinski definition) is 2. The van der Waals surface area contributed by atoms with E-state index in [1.807, 2.05) is 38.1 Å². The first-order valence-corrected chi connectivity index (χ1v) is 6.10. The molecule has 2 N–H and O–H groups in total. The monoisotopic (exact) mass is 249 g/mol. The second-order valence-electron chi connectivity index (χ2n) is 4.29. The van der Waals surface area contributed by atoms with Gasteiger partial charge in [-0.15, -0.1) is 0 Å². The molecule has 0 aliphatic carbocycles. The standard InChI is InChI=1S/C14H19NO3/c1-3-15-13(16)9-8-12(14(17)18)11-6-4-10(2)5-7-11/h4-7,12H,3,8-9H2,1-2H3,(H,15,16)(H,17,18). The Morgan fingerprint density at radius 2 is 1.89 bits per heavy atom. The lowest BCUT2D eigenvalue weighted by atomic mass is 9.93. The first kappa shape index (κ1) is 14.2. The summed E-state index contributed by atoms with van der Waals surface area (Å²) in [7, 11) is 0. The van der Waals surface area contributed by atoms with Crippen molar-refractivity contribution in [1.29, 1.82) is 0 Å². The van der Waals surface area contributed by atoms with E-state index in [1.165, 1.54) is 0 Å². The zero-order valence-electron chi connectivity index (χ0n) is 10.8. The average molecular weight is 249 g/mol. The number of carboxylic acid groups (broad SMARTS) is 1. The fourth-order valence-corrected chi connectivity index (χ4v) is 1.79. The van der Waals surface area contributed by atoms with Crippen LogP contribution in [0.4, 0.5) is 0 Å². The molecule has 0 aliphatic heterocycles. The Morgan fingerprint density at radius 3 is 2.39 bits per heavy atom. The topological polar surface area (TPSA) is 66.4 Å². The summed E-state index contributed by atoms with van der Waals surface area (Å²) in [5.74, 6) is -1.60. The minimum absolute atomic E-state index is 0.101. The van der Waals surface area contributed by atoms with Gasteiger partial charge in [-0.25, -0.2) is 0 Å². The molecule has 0 aromatic heterocycles. The molecule has 18 heavy (non-hydrogen) atoms. The fourth-order valence-electron chi connectivity index (χ4n) is 1.79. The van der Waals surface area contributed by atoms with Gasteiger partial charge in [0.25, 0.3) is 0 Å². The van der Waals surface area contributed by atoms with E-state index >= 15 is 0 Å². The van der Waals surface area contributed by atoms with Crippen LogP contribution in [0.3, 0.4) is 0 Å². The summed E-state index contributed by atoms with van der Waals surface area (Å²) in [6.45, 7) is 4.36. The number of carbonyl (C=O) groups is 2. The normalized spacial score (nSPS) is 11.9. The minimum atomic E-state index is -0.886. The van der Waals surface area contributed by atoms with Gasteiger partial charge in [-0.05, 0) is 25.8 Å². The second-order valence-corrected chi connectivity index (χ2v) is 4.29. The molecule has 1 unspecified atom stereocenters. The SMILES string of the molecule is CCNC(=O)CCC(C(=O)O)c1ccc(C)cc1. The molecular weight excluding hydrogens is 230 g/mol. The first-order chi connectivity index (χ1) is 8.54. The van der Waals surface area contributed by atoms with Crippen LogP contribution in [0.15, 0.2) is 24.3 Å². The zero-order chi connectivity index (χ0) is 13.5. The highest BCUT2D eigenvalue weighted by Crippen LogP contribution is 2.22. The number of carbonyl (C=O) groups excluding carboxylic acids is 1. The lowest BCUT2D eigenvalue weighted by molar-refractivity contribution is -0.139. The van der Waals surface area contributed by atoms with E-state index in [0.717, 1.165) is 11.1 Å².